The van der Waals surface area contributed by atoms with Crippen molar-refractivity contribution < 1.29 is 19.4 Å². The van der Waals surface area contributed by atoms with Crippen molar-refractivity contribution in [3.63, 3.8) is 0 Å². The number of carbonyl (C=O) groups is 1. The van der Waals surface area contributed by atoms with Crippen LogP contribution in [0.25, 0.3) is 11.3 Å². The van der Waals surface area contributed by atoms with Gasteiger partial charge in [0.15, 0.2) is 5.69 Å². The lowest BCUT2D eigenvalue weighted by atomic mass is 9.98. The third-order valence-electron chi connectivity index (χ3n) is 7.77. The Bertz CT molecular complexity index is 1590. The van der Waals surface area contributed by atoms with Crippen molar-refractivity contribution in [3.05, 3.63) is 99.3 Å². The number of aromatic nitrogens is 3. The molecule has 2 aliphatic rings. The van der Waals surface area contributed by atoms with Gasteiger partial charge in [-0.05, 0) is 49.1 Å². The smallest absolute Gasteiger partial charge is 0.290 e. The minimum Gasteiger partial charge on any atom is -0.493 e. The van der Waals surface area contributed by atoms with Gasteiger partial charge in [-0.15, -0.1) is 10.2 Å². The molecule has 3 aromatic carbocycles. The second kappa shape index (κ2) is 14.0. The lowest BCUT2D eigenvalue weighted by Crippen LogP contribution is -2.42. The summed E-state index contributed by atoms with van der Waals surface area (Å²) in [6.07, 6.45) is 2.83. The summed E-state index contributed by atoms with van der Waals surface area (Å²) < 4.78 is 13.8. The van der Waals surface area contributed by atoms with Crippen LogP contribution in [0, 0.1) is 6.92 Å². The van der Waals surface area contributed by atoms with Gasteiger partial charge in [0.1, 0.15) is 18.1 Å². The van der Waals surface area contributed by atoms with Crippen LogP contribution in [-0.2, 0) is 31.4 Å². The van der Waals surface area contributed by atoms with Crippen molar-refractivity contribution in [1.29, 1.82) is 0 Å². The van der Waals surface area contributed by atoms with Crippen LogP contribution >= 0.6 is 0 Å². The number of carboxylic acid groups (broad SMARTS) is 1. The van der Waals surface area contributed by atoms with E-state index in [2.05, 4.69) is 44.7 Å². The van der Waals surface area contributed by atoms with Gasteiger partial charge in [-0.3, -0.25) is 19.1 Å². The monoisotopic (exact) mass is 583 g/mol. The second-order valence-corrected chi connectivity index (χ2v) is 10.8. The van der Waals surface area contributed by atoms with Crippen LogP contribution in [-0.4, -0.2) is 57.0 Å². The van der Waals surface area contributed by atoms with Gasteiger partial charge < -0.3 is 19.9 Å². The summed E-state index contributed by atoms with van der Waals surface area (Å²) in [5.74, 6) is 1.95. The van der Waals surface area contributed by atoms with E-state index >= 15 is 0 Å². The second-order valence-electron chi connectivity index (χ2n) is 10.8. The normalized spacial score (nSPS) is 15.9. The summed E-state index contributed by atoms with van der Waals surface area (Å²) in [6.45, 7) is 5.55. The average Bonchev–Trinajstić information content (AvgIpc) is 3.49. The minimum atomic E-state index is -0.250. The molecule has 224 valence electrons. The summed E-state index contributed by atoms with van der Waals surface area (Å²) >= 11 is 0. The SMILES string of the molecule is Cc1cc2c(c(OCc3ccccc3)c1-c1nnc(N[C@@H]3CCCN(Cc4ccccc4)C3)n(C)c1=O)CCO2.O=CO. The van der Waals surface area contributed by atoms with Crippen LogP contribution in [0.2, 0.25) is 0 Å². The standard InChI is InChI=1S/C32H35N5O3.CH2O2/c1-22-18-27-26(15-17-39-27)30(40-21-24-12-7-4-8-13-24)28(22)29-31(38)36(2)32(35-34-29)33-25-14-9-16-37(20-25)19-23-10-5-3-6-11-23;2-1-3/h3-8,10-13,18,25H,9,14-17,19-21H2,1-2H3,(H,33,35);1H,(H,2,3)/t25-;/m1./s1. The van der Waals surface area contributed by atoms with Crippen molar-refractivity contribution in [2.75, 3.05) is 25.0 Å². The van der Waals surface area contributed by atoms with Gasteiger partial charge in [-0.25, -0.2) is 0 Å². The first-order valence-electron chi connectivity index (χ1n) is 14.5. The fourth-order valence-electron chi connectivity index (χ4n) is 5.70. The first-order valence-corrected chi connectivity index (χ1v) is 14.5. The van der Waals surface area contributed by atoms with E-state index < -0.39 is 0 Å². The molecule has 1 atom stereocenters. The van der Waals surface area contributed by atoms with Crippen LogP contribution in [0.4, 0.5) is 5.95 Å². The molecule has 0 amide bonds. The molecule has 43 heavy (non-hydrogen) atoms. The van der Waals surface area contributed by atoms with E-state index in [4.69, 9.17) is 19.4 Å². The maximum atomic E-state index is 13.7. The summed E-state index contributed by atoms with van der Waals surface area (Å²) in [5, 5.41) is 19.4. The van der Waals surface area contributed by atoms with E-state index in [-0.39, 0.29) is 23.8 Å². The molecule has 4 aromatic rings. The lowest BCUT2D eigenvalue weighted by molar-refractivity contribution is -0.122. The highest BCUT2D eigenvalue weighted by atomic mass is 16.5. The summed E-state index contributed by atoms with van der Waals surface area (Å²) in [6, 6.07) is 22.7. The van der Waals surface area contributed by atoms with Gasteiger partial charge in [0.05, 0.1) is 12.2 Å². The molecule has 6 rings (SSSR count). The number of aryl methyl sites for hydroxylation is 1. The first-order chi connectivity index (χ1) is 21.0. The summed E-state index contributed by atoms with van der Waals surface area (Å²) in [7, 11) is 1.75. The zero-order valence-electron chi connectivity index (χ0n) is 24.5. The molecule has 0 bridgehead atoms. The van der Waals surface area contributed by atoms with Gasteiger partial charge in [0.2, 0.25) is 5.95 Å². The summed E-state index contributed by atoms with van der Waals surface area (Å²) in [5.41, 5.74) is 4.98. The van der Waals surface area contributed by atoms with Crippen molar-refractivity contribution in [3.8, 4) is 22.8 Å². The van der Waals surface area contributed by atoms with Crippen molar-refractivity contribution in [2.24, 2.45) is 7.05 Å². The van der Waals surface area contributed by atoms with E-state index in [1.807, 2.05) is 49.4 Å². The highest BCUT2D eigenvalue weighted by molar-refractivity contribution is 5.75. The number of benzene rings is 3. The average molecular weight is 584 g/mol. The lowest BCUT2D eigenvalue weighted by Gasteiger charge is -2.33. The zero-order chi connectivity index (χ0) is 30.2. The maximum Gasteiger partial charge on any atom is 0.290 e. The molecule has 3 heterocycles. The molecule has 0 spiro atoms. The van der Waals surface area contributed by atoms with Gasteiger partial charge in [0, 0.05) is 38.2 Å². The van der Waals surface area contributed by atoms with Gasteiger partial charge >= 0.3 is 0 Å². The number of hydrogen-bond acceptors (Lipinski definition) is 8. The van der Waals surface area contributed by atoms with Gasteiger partial charge in [-0.2, -0.15) is 0 Å². The van der Waals surface area contributed by atoms with Crippen LogP contribution < -0.4 is 20.3 Å². The number of likely N-dealkylation sites (tertiary alicyclic amines) is 1. The summed E-state index contributed by atoms with van der Waals surface area (Å²) in [4.78, 5) is 24.5. The van der Waals surface area contributed by atoms with E-state index in [0.717, 1.165) is 61.3 Å². The quantitative estimate of drug-likeness (QED) is 0.290. The fraction of sp³-hybridized carbons (Fsp3) is 0.333. The molecule has 1 saturated heterocycles. The Morgan fingerprint density at radius 1 is 1.09 bits per heavy atom. The number of rotatable bonds is 8. The molecule has 10 heteroatoms. The fourth-order valence-corrected chi connectivity index (χ4v) is 5.70. The van der Waals surface area contributed by atoms with Crippen LogP contribution in [0.5, 0.6) is 11.5 Å². The molecule has 0 saturated carbocycles. The Hall–Kier alpha value is -4.70. The number of piperidine rings is 1. The Labute approximate surface area is 250 Å². The van der Waals surface area contributed by atoms with E-state index in [0.29, 0.717) is 30.5 Å². The Morgan fingerprint density at radius 3 is 2.51 bits per heavy atom. The number of ether oxygens (including phenoxy) is 2. The maximum absolute atomic E-state index is 13.7. The molecule has 1 fully saturated rings. The molecular weight excluding hydrogens is 546 g/mol. The molecular formula is C33H37N5O5. The zero-order valence-corrected chi connectivity index (χ0v) is 24.5. The molecule has 0 radical (unpaired) electrons. The Kier molecular flexibility index (Phi) is 9.68. The molecule has 2 N–H and O–H groups in total. The molecule has 0 aliphatic carbocycles. The largest absolute Gasteiger partial charge is 0.493 e. The number of nitrogens with one attached hydrogen (secondary N) is 1. The topological polar surface area (TPSA) is 119 Å². The Balaban J connectivity index is 0.00000118. The number of fused-ring (bicyclic) bond motifs is 1. The highest BCUT2D eigenvalue weighted by Gasteiger charge is 2.27. The van der Waals surface area contributed by atoms with Crippen molar-refractivity contribution in [2.45, 2.75) is 45.4 Å². The van der Waals surface area contributed by atoms with E-state index in [1.54, 1.807) is 11.6 Å². The van der Waals surface area contributed by atoms with E-state index in [9.17, 15) is 4.79 Å². The van der Waals surface area contributed by atoms with Crippen LogP contribution in [0.3, 0.4) is 0 Å². The minimum absolute atomic E-state index is 0.187. The van der Waals surface area contributed by atoms with E-state index in [1.165, 1.54) is 5.56 Å². The molecule has 0 unspecified atom stereocenters. The van der Waals surface area contributed by atoms with Crippen molar-refractivity contribution >= 4 is 12.4 Å². The predicted molar refractivity (Wildman–Crippen MR) is 164 cm³/mol. The molecule has 10 nitrogen and oxygen atoms in total. The highest BCUT2D eigenvalue weighted by Crippen LogP contribution is 2.42. The van der Waals surface area contributed by atoms with Crippen molar-refractivity contribution in [1.82, 2.24) is 19.7 Å². The number of nitrogens with zero attached hydrogens (tertiary/aromatic N) is 4. The first kappa shape index (κ1) is 29.8. The molecule has 2 aliphatic heterocycles. The third kappa shape index (κ3) is 7.03. The van der Waals surface area contributed by atoms with Gasteiger partial charge in [0.25, 0.3) is 12.0 Å². The number of anilines is 1. The van der Waals surface area contributed by atoms with Gasteiger partial charge in [-0.1, -0.05) is 60.7 Å². The Morgan fingerprint density at radius 2 is 1.79 bits per heavy atom. The number of hydrogen-bond donors (Lipinski definition) is 2. The van der Waals surface area contributed by atoms with Crippen LogP contribution in [0.15, 0.2) is 71.5 Å². The predicted octanol–water partition coefficient (Wildman–Crippen LogP) is 4.44. The molecule has 1 aromatic heterocycles. The van der Waals surface area contributed by atoms with Crippen LogP contribution in [0.1, 0.15) is 35.1 Å². The third-order valence-corrected chi connectivity index (χ3v) is 7.77.